The molecule has 0 atom stereocenters. The highest BCUT2D eigenvalue weighted by atomic mass is 19.1. The maximum atomic E-state index is 14.0. The Kier molecular flexibility index (Phi) is 6.81. The number of halogens is 1. The maximum absolute atomic E-state index is 14.0. The number of hydrogen-bond acceptors (Lipinski definition) is 6. The molecular formula is C23H27FN2O4. The second-order valence-corrected chi connectivity index (χ2v) is 7.29. The van der Waals surface area contributed by atoms with Crippen LogP contribution in [0.2, 0.25) is 0 Å². The molecular weight excluding hydrogens is 387 g/mol. The molecule has 0 spiro atoms. The minimum absolute atomic E-state index is 0.246. The standard InChI is InChI=1S/C23H27FN2O4/c1-27-22-15-17-19(16-23(22)29-12-4-9-26-10-13-28-14-11-26)25-8-7-20(17)30-21-6-3-2-5-18(21)24/h5-8,15-16H,2-4,9-14H2,1H3. The van der Waals surface area contributed by atoms with Gasteiger partial charge in [-0.05, 0) is 43.5 Å². The smallest absolute Gasteiger partial charge is 0.163 e. The van der Waals surface area contributed by atoms with Gasteiger partial charge >= 0.3 is 0 Å². The summed E-state index contributed by atoms with van der Waals surface area (Å²) < 4.78 is 36.8. The monoisotopic (exact) mass is 414 g/mol. The third-order valence-electron chi connectivity index (χ3n) is 5.24. The largest absolute Gasteiger partial charge is 0.493 e. The van der Waals surface area contributed by atoms with E-state index in [0.717, 1.165) is 51.1 Å². The molecule has 2 heterocycles. The third-order valence-corrected chi connectivity index (χ3v) is 5.24. The number of fused-ring (bicyclic) bond motifs is 1. The van der Waals surface area contributed by atoms with Gasteiger partial charge in [-0.2, -0.15) is 0 Å². The summed E-state index contributed by atoms with van der Waals surface area (Å²) in [5, 5.41) is 0.745. The molecule has 30 heavy (non-hydrogen) atoms. The fraction of sp³-hybridized carbons (Fsp3) is 0.435. The number of morpholine rings is 1. The summed E-state index contributed by atoms with van der Waals surface area (Å²) >= 11 is 0. The first-order chi connectivity index (χ1) is 14.7. The normalized spacial score (nSPS) is 17.4. The molecule has 1 aromatic heterocycles. The van der Waals surface area contributed by atoms with E-state index >= 15 is 0 Å². The first kappa shape index (κ1) is 20.6. The van der Waals surface area contributed by atoms with E-state index in [0.29, 0.717) is 35.8 Å². The van der Waals surface area contributed by atoms with Crippen molar-refractivity contribution in [2.45, 2.75) is 19.3 Å². The van der Waals surface area contributed by atoms with Gasteiger partial charge in [-0.3, -0.25) is 9.88 Å². The highest BCUT2D eigenvalue weighted by Crippen LogP contribution is 2.37. The van der Waals surface area contributed by atoms with Crippen LogP contribution >= 0.6 is 0 Å². The van der Waals surface area contributed by atoms with Crippen molar-refractivity contribution in [1.82, 2.24) is 9.88 Å². The molecule has 0 amide bonds. The number of methoxy groups -OCH3 is 1. The molecule has 4 rings (SSSR count). The molecule has 1 saturated heterocycles. The zero-order chi connectivity index (χ0) is 20.8. The zero-order valence-corrected chi connectivity index (χ0v) is 17.2. The van der Waals surface area contributed by atoms with Crippen LogP contribution in [0.3, 0.4) is 0 Å². The van der Waals surface area contributed by atoms with E-state index < -0.39 is 0 Å². The Hall–Kier alpha value is -2.64. The zero-order valence-electron chi connectivity index (χ0n) is 17.2. The summed E-state index contributed by atoms with van der Waals surface area (Å²) in [5.74, 6) is 1.68. The fourth-order valence-corrected chi connectivity index (χ4v) is 3.62. The molecule has 0 N–H and O–H groups in total. The maximum Gasteiger partial charge on any atom is 0.163 e. The predicted molar refractivity (Wildman–Crippen MR) is 113 cm³/mol. The van der Waals surface area contributed by atoms with Gasteiger partial charge < -0.3 is 18.9 Å². The SMILES string of the molecule is COc1cc2c(OC3=CCCC=C3F)ccnc2cc1OCCCN1CCOCC1. The minimum atomic E-state index is -0.335. The number of allylic oxidation sites excluding steroid dienone is 3. The molecule has 2 aliphatic rings. The highest BCUT2D eigenvalue weighted by Gasteiger charge is 2.16. The quantitative estimate of drug-likeness (QED) is 0.602. The van der Waals surface area contributed by atoms with Crippen molar-refractivity contribution in [2.24, 2.45) is 0 Å². The number of ether oxygens (including phenoxy) is 4. The van der Waals surface area contributed by atoms with Crippen molar-refractivity contribution in [3.8, 4) is 17.2 Å². The Morgan fingerprint density at radius 2 is 1.93 bits per heavy atom. The Bertz CT molecular complexity index is 938. The lowest BCUT2D eigenvalue weighted by molar-refractivity contribution is 0.0357. The van der Waals surface area contributed by atoms with Gasteiger partial charge in [-0.25, -0.2) is 4.39 Å². The minimum Gasteiger partial charge on any atom is -0.493 e. The van der Waals surface area contributed by atoms with Gasteiger partial charge in [-0.1, -0.05) is 0 Å². The first-order valence-electron chi connectivity index (χ1n) is 10.4. The molecule has 1 fully saturated rings. The fourth-order valence-electron chi connectivity index (χ4n) is 3.62. The molecule has 0 bridgehead atoms. The molecule has 0 unspecified atom stereocenters. The molecule has 2 aromatic rings. The van der Waals surface area contributed by atoms with Crippen molar-refractivity contribution in [2.75, 3.05) is 46.6 Å². The van der Waals surface area contributed by atoms with Gasteiger partial charge in [0.15, 0.2) is 23.1 Å². The Balaban J connectivity index is 1.46. The molecule has 0 saturated carbocycles. The van der Waals surface area contributed by atoms with Gasteiger partial charge in [0.25, 0.3) is 0 Å². The van der Waals surface area contributed by atoms with Gasteiger partial charge in [-0.15, -0.1) is 0 Å². The van der Waals surface area contributed by atoms with Gasteiger partial charge in [0.05, 0.1) is 32.4 Å². The summed E-state index contributed by atoms with van der Waals surface area (Å²) in [7, 11) is 1.60. The lowest BCUT2D eigenvalue weighted by Crippen LogP contribution is -2.37. The van der Waals surface area contributed by atoms with E-state index in [1.165, 1.54) is 0 Å². The molecule has 0 radical (unpaired) electrons. The van der Waals surface area contributed by atoms with Gasteiger partial charge in [0.1, 0.15) is 5.75 Å². The van der Waals surface area contributed by atoms with Crippen molar-refractivity contribution in [3.05, 3.63) is 48.1 Å². The van der Waals surface area contributed by atoms with Gasteiger partial charge in [0.2, 0.25) is 0 Å². The topological polar surface area (TPSA) is 53.0 Å². The molecule has 1 aliphatic heterocycles. The van der Waals surface area contributed by atoms with E-state index in [1.54, 1.807) is 31.5 Å². The molecule has 6 nitrogen and oxygen atoms in total. The van der Waals surface area contributed by atoms with Crippen LogP contribution in [-0.2, 0) is 4.74 Å². The second kappa shape index (κ2) is 9.91. The summed E-state index contributed by atoms with van der Waals surface area (Å²) in [5.41, 5.74) is 0.706. The summed E-state index contributed by atoms with van der Waals surface area (Å²) in [6.45, 7) is 5.09. The van der Waals surface area contributed by atoms with Crippen molar-refractivity contribution in [3.63, 3.8) is 0 Å². The van der Waals surface area contributed by atoms with Crippen LogP contribution in [0.15, 0.2) is 48.1 Å². The molecule has 160 valence electrons. The van der Waals surface area contributed by atoms with E-state index in [-0.39, 0.29) is 11.6 Å². The average molecular weight is 414 g/mol. The Morgan fingerprint density at radius 1 is 1.10 bits per heavy atom. The summed E-state index contributed by atoms with van der Waals surface area (Å²) in [6, 6.07) is 5.41. The number of hydrogen-bond donors (Lipinski definition) is 0. The lowest BCUT2D eigenvalue weighted by Gasteiger charge is -2.26. The number of pyridine rings is 1. The third kappa shape index (κ3) is 4.91. The first-order valence-corrected chi connectivity index (χ1v) is 10.4. The van der Waals surface area contributed by atoms with Crippen molar-refractivity contribution < 1.29 is 23.3 Å². The highest BCUT2D eigenvalue weighted by molar-refractivity contribution is 5.88. The van der Waals surface area contributed by atoms with E-state index in [9.17, 15) is 4.39 Å². The van der Waals surface area contributed by atoms with E-state index in [1.807, 2.05) is 12.1 Å². The van der Waals surface area contributed by atoms with Crippen LogP contribution in [0.5, 0.6) is 17.2 Å². The van der Waals surface area contributed by atoms with Crippen LogP contribution in [0, 0.1) is 0 Å². The number of aromatic nitrogens is 1. The number of nitrogens with zero attached hydrogens (tertiary/aromatic N) is 2. The number of rotatable bonds is 8. The summed E-state index contributed by atoms with van der Waals surface area (Å²) in [6.07, 6.45) is 7.33. The van der Waals surface area contributed by atoms with Gasteiger partial charge in [0, 0.05) is 37.3 Å². The molecule has 7 heteroatoms. The van der Waals surface area contributed by atoms with Crippen LogP contribution in [-0.4, -0.2) is 56.4 Å². The predicted octanol–water partition coefficient (Wildman–Crippen LogP) is 4.25. The molecule has 1 aromatic carbocycles. The molecule has 1 aliphatic carbocycles. The Labute approximate surface area is 175 Å². The average Bonchev–Trinajstić information content (AvgIpc) is 2.78. The van der Waals surface area contributed by atoms with Crippen LogP contribution in [0.4, 0.5) is 4.39 Å². The van der Waals surface area contributed by atoms with Crippen LogP contribution in [0.1, 0.15) is 19.3 Å². The van der Waals surface area contributed by atoms with Crippen LogP contribution in [0.25, 0.3) is 10.9 Å². The number of benzene rings is 1. The van der Waals surface area contributed by atoms with E-state index in [2.05, 4.69) is 9.88 Å². The Morgan fingerprint density at radius 3 is 2.73 bits per heavy atom. The van der Waals surface area contributed by atoms with E-state index in [4.69, 9.17) is 18.9 Å². The van der Waals surface area contributed by atoms with Crippen LogP contribution < -0.4 is 14.2 Å². The second-order valence-electron chi connectivity index (χ2n) is 7.29. The lowest BCUT2D eigenvalue weighted by atomic mass is 10.1. The summed E-state index contributed by atoms with van der Waals surface area (Å²) in [4.78, 5) is 6.80. The van der Waals surface area contributed by atoms with Crippen molar-refractivity contribution in [1.29, 1.82) is 0 Å². The van der Waals surface area contributed by atoms with Crippen molar-refractivity contribution >= 4 is 10.9 Å².